The molecule has 3 rings (SSSR count). The molecular formula is C15H21N3S. The molecule has 1 N–H and O–H groups in total. The van der Waals surface area contributed by atoms with E-state index in [2.05, 4.69) is 40.7 Å². The topological polar surface area (TPSA) is 18.5 Å². The number of nitrogens with zero attached hydrogens (tertiary/aromatic N) is 2. The third-order valence-electron chi connectivity index (χ3n) is 4.27. The summed E-state index contributed by atoms with van der Waals surface area (Å²) in [6, 6.07) is 10.6. The normalized spacial score (nSPS) is 22.3. The summed E-state index contributed by atoms with van der Waals surface area (Å²) in [4.78, 5) is 2.39. The second-order valence-electron chi connectivity index (χ2n) is 5.62. The van der Waals surface area contributed by atoms with Crippen LogP contribution in [-0.2, 0) is 6.54 Å². The van der Waals surface area contributed by atoms with Crippen molar-refractivity contribution in [1.82, 2.24) is 15.3 Å². The van der Waals surface area contributed by atoms with Gasteiger partial charge >= 0.3 is 0 Å². The van der Waals surface area contributed by atoms with Crippen LogP contribution in [0.25, 0.3) is 0 Å². The number of benzene rings is 1. The van der Waals surface area contributed by atoms with E-state index in [-0.39, 0.29) is 5.66 Å². The molecule has 1 saturated carbocycles. The predicted molar refractivity (Wildman–Crippen MR) is 81.3 cm³/mol. The van der Waals surface area contributed by atoms with Crippen LogP contribution in [0.1, 0.15) is 37.7 Å². The van der Waals surface area contributed by atoms with E-state index < -0.39 is 0 Å². The molecule has 1 aromatic carbocycles. The second-order valence-corrected chi connectivity index (χ2v) is 5.98. The lowest BCUT2D eigenvalue weighted by molar-refractivity contribution is 0.0823. The molecule has 1 aromatic rings. The highest BCUT2D eigenvalue weighted by Crippen LogP contribution is 2.36. The monoisotopic (exact) mass is 275 g/mol. The Morgan fingerprint density at radius 1 is 1.16 bits per heavy atom. The third kappa shape index (κ3) is 2.35. The van der Waals surface area contributed by atoms with Gasteiger partial charge in [-0.1, -0.05) is 36.8 Å². The van der Waals surface area contributed by atoms with E-state index in [9.17, 15) is 0 Å². The van der Waals surface area contributed by atoms with Gasteiger partial charge in [0.2, 0.25) is 0 Å². The number of rotatable bonds is 2. The summed E-state index contributed by atoms with van der Waals surface area (Å²) < 4.78 is 0. The molecule has 0 aromatic heterocycles. The lowest BCUT2D eigenvalue weighted by Gasteiger charge is -2.40. The van der Waals surface area contributed by atoms with Gasteiger partial charge in [-0.15, -0.1) is 0 Å². The van der Waals surface area contributed by atoms with Gasteiger partial charge in [-0.05, 0) is 43.5 Å². The fourth-order valence-corrected chi connectivity index (χ4v) is 3.57. The van der Waals surface area contributed by atoms with Crippen LogP contribution in [0.15, 0.2) is 30.3 Å². The molecule has 1 aliphatic heterocycles. The molecule has 4 heteroatoms. The van der Waals surface area contributed by atoms with Gasteiger partial charge < -0.3 is 4.90 Å². The lowest BCUT2D eigenvalue weighted by Crippen LogP contribution is -2.53. The average molecular weight is 275 g/mol. The van der Waals surface area contributed by atoms with Crippen LogP contribution < -0.4 is 5.43 Å². The van der Waals surface area contributed by atoms with E-state index in [1.807, 2.05) is 12.1 Å². The van der Waals surface area contributed by atoms with Crippen LogP contribution >= 0.6 is 12.2 Å². The number of thiocarbonyl (C=S) groups is 1. The van der Waals surface area contributed by atoms with Gasteiger partial charge in [0.1, 0.15) is 5.66 Å². The van der Waals surface area contributed by atoms with E-state index in [1.165, 1.54) is 37.7 Å². The Bertz CT molecular complexity index is 454. The second kappa shape index (κ2) is 5.10. The first-order valence-electron chi connectivity index (χ1n) is 7.08. The minimum Gasteiger partial charge on any atom is -0.324 e. The lowest BCUT2D eigenvalue weighted by atomic mass is 9.88. The SMILES string of the molecule is CN1NC2(CCCCC2)N(Cc2ccccc2)C1=S. The highest BCUT2D eigenvalue weighted by molar-refractivity contribution is 7.80. The summed E-state index contributed by atoms with van der Waals surface area (Å²) in [6.45, 7) is 0.900. The van der Waals surface area contributed by atoms with Crippen molar-refractivity contribution in [3.8, 4) is 0 Å². The molecule has 2 fully saturated rings. The molecule has 0 bridgehead atoms. The fourth-order valence-electron chi connectivity index (χ4n) is 3.29. The molecule has 102 valence electrons. The maximum Gasteiger partial charge on any atom is 0.187 e. The van der Waals surface area contributed by atoms with E-state index in [4.69, 9.17) is 12.2 Å². The molecule has 0 radical (unpaired) electrons. The van der Waals surface area contributed by atoms with Crippen molar-refractivity contribution < 1.29 is 0 Å². The summed E-state index contributed by atoms with van der Waals surface area (Å²) >= 11 is 5.61. The molecule has 1 heterocycles. The number of hydrogen-bond donors (Lipinski definition) is 1. The zero-order valence-electron chi connectivity index (χ0n) is 11.4. The summed E-state index contributed by atoms with van der Waals surface area (Å²) in [5, 5.41) is 2.94. The predicted octanol–water partition coefficient (Wildman–Crippen LogP) is 2.88. The average Bonchev–Trinajstić information content (AvgIpc) is 2.66. The van der Waals surface area contributed by atoms with Crippen LogP contribution in [0.5, 0.6) is 0 Å². The minimum absolute atomic E-state index is 0.0555. The van der Waals surface area contributed by atoms with Crippen molar-refractivity contribution in [3.05, 3.63) is 35.9 Å². The Morgan fingerprint density at radius 3 is 2.53 bits per heavy atom. The fraction of sp³-hybridized carbons (Fsp3) is 0.533. The van der Waals surface area contributed by atoms with Gasteiger partial charge in [-0.3, -0.25) is 5.01 Å². The minimum atomic E-state index is 0.0555. The molecule has 0 atom stereocenters. The summed E-state index contributed by atoms with van der Waals surface area (Å²) in [7, 11) is 2.03. The van der Waals surface area contributed by atoms with E-state index in [0.717, 1.165) is 11.7 Å². The largest absolute Gasteiger partial charge is 0.324 e. The molecule has 0 amide bonds. The summed E-state index contributed by atoms with van der Waals surface area (Å²) in [5.41, 5.74) is 4.99. The molecule has 1 saturated heterocycles. The van der Waals surface area contributed by atoms with Gasteiger partial charge in [-0.25, -0.2) is 5.43 Å². The smallest absolute Gasteiger partial charge is 0.187 e. The Kier molecular flexibility index (Phi) is 3.46. The first-order chi connectivity index (χ1) is 9.21. The number of hydrazine groups is 1. The molecule has 1 spiro atoms. The van der Waals surface area contributed by atoms with E-state index >= 15 is 0 Å². The summed E-state index contributed by atoms with van der Waals surface area (Å²) in [5.74, 6) is 0. The standard InChI is InChI=1S/C15H21N3S/c1-17-14(19)18(12-13-8-4-2-5-9-13)15(16-17)10-6-3-7-11-15/h2,4-5,8-9,16H,3,6-7,10-12H2,1H3. The Balaban J connectivity index is 1.85. The molecule has 2 aliphatic rings. The Morgan fingerprint density at radius 2 is 1.84 bits per heavy atom. The molecule has 19 heavy (non-hydrogen) atoms. The highest BCUT2D eigenvalue weighted by Gasteiger charge is 2.46. The van der Waals surface area contributed by atoms with Crippen LogP contribution in [-0.4, -0.2) is 27.7 Å². The van der Waals surface area contributed by atoms with Crippen molar-refractivity contribution >= 4 is 17.3 Å². The first kappa shape index (κ1) is 12.9. The van der Waals surface area contributed by atoms with E-state index in [1.54, 1.807) is 0 Å². The quantitative estimate of drug-likeness (QED) is 0.836. The van der Waals surface area contributed by atoms with Gasteiger partial charge in [0.05, 0.1) is 0 Å². The van der Waals surface area contributed by atoms with Crippen molar-refractivity contribution in [1.29, 1.82) is 0 Å². The van der Waals surface area contributed by atoms with Crippen LogP contribution in [0.4, 0.5) is 0 Å². The molecule has 0 unspecified atom stereocenters. The molecule has 3 nitrogen and oxygen atoms in total. The van der Waals surface area contributed by atoms with Gasteiger partial charge in [-0.2, -0.15) is 0 Å². The van der Waals surface area contributed by atoms with Crippen molar-refractivity contribution in [2.45, 2.75) is 44.3 Å². The zero-order chi connectivity index (χ0) is 13.3. The van der Waals surface area contributed by atoms with Crippen molar-refractivity contribution in [2.24, 2.45) is 0 Å². The molecule has 1 aliphatic carbocycles. The van der Waals surface area contributed by atoms with E-state index in [0.29, 0.717) is 0 Å². The molecular weight excluding hydrogens is 254 g/mol. The van der Waals surface area contributed by atoms with Crippen molar-refractivity contribution in [2.75, 3.05) is 7.05 Å². The van der Waals surface area contributed by atoms with Crippen LogP contribution in [0.3, 0.4) is 0 Å². The van der Waals surface area contributed by atoms with Crippen LogP contribution in [0, 0.1) is 0 Å². The first-order valence-corrected chi connectivity index (χ1v) is 7.49. The maximum atomic E-state index is 5.61. The summed E-state index contributed by atoms with van der Waals surface area (Å²) in [6.07, 6.45) is 6.29. The zero-order valence-corrected chi connectivity index (χ0v) is 12.2. The third-order valence-corrected chi connectivity index (χ3v) is 4.77. The number of nitrogens with one attached hydrogen (secondary N) is 1. The Hall–Kier alpha value is -1.13. The van der Waals surface area contributed by atoms with Gasteiger partial charge in [0.25, 0.3) is 0 Å². The van der Waals surface area contributed by atoms with Crippen LogP contribution in [0.2, 0.25) is 0 Å². The highest BCUT2D eigenvalue weighted by atomic mass is 32.1. The van der Waals surface area contributed by atoms with Gasteiger partial charge in [0.15, 0.2) is 5.11 Å². The van der Waals surface area contributed by atoms with Crippen molar-refractivity contribution in [3.63, 3.8) is 0 Å². The Labute approximate surface area is 120 Å². The maximum absolute atomic E-state index is 5.61. The van der Waals surface area contributed by atoms with Gasteiger partial charge in [0, 0.05) is 13.6 Å². The number of hydrogen-bond acceptors (Lipinski definition) is 2.